The molecule has 23 rings (SSSR count). The molecule has 4 aliphatic heterocycles. The molecule has 4 atom stereocenters. The summed E-state index contributed by atoms with van der Waals surface area (Å²) in [6.45, 7) is 1.01. The van der Waals surface area contributed by atoms with Crippen molar-refractivity contribution in [3.05, 3.63) is 361 Å². The quantitative estimate of drug-likeness (QED) is 0.0249. The van der Waals surface area contributed by atoms with Gasteiger partial charge in [-0.05, 0) is 141 Å². The van der Waals surface area contributed by atoms with Crippen LogP contribution in [-0.4, -0.2) is 95.8 Å². The molecule has 4 aliphatic rings. The number of nitrogens with one attached hydrogen (secondary N) is 2. The monoisotopic (exact) mass is 1650 g/mol. The highest BCUT2D eigenvalue weighted by molar-refractivity contribution is 6.45. The lowest BCUT2D eigenvalue weighted by molar-refractivity contribution is -0.125. The van der Waals surface area contributed by atoms with Crippen LogP contribution in [0.4, 0.5) is 0 Å². The second-order valence-electron chi connectivity index (χ2n) is 32.2. The number of carbonyl (C=O) groups is 6. The van der Waals surface area contributed by atoms with E-state index in [-0.39, 0.29) is 126 Å². The van der Waals surface area contributed by atoms with Crippen LogP contribution in [0.15, 0.2) is 336 Å². The first-order valence-corrected chi connectivity index (χ1v) is 42.0. The molecule has 6 heterocycles. The molecule has 0 spiro atoms. The van der Waals surface area contributed by atoms with Gasteiger partial charge in [0.15, 0.2) is 0 Å². The Morgan fingerprint density at radius 3 is 0.849 bits per heavy atom. The number of para-hydroxylation sites is 4. The SMILES string of the molecule is O=C(NCC1CO1)C(Cc1cccc2c1oc1ccccc12)N1C(=O)c2cc(Oc3ccc(-c4ccccc4)cc3)c3c4c(Oc5ccc(-c6ccccc6)cc5)cc5c6c(cc(Oc7ccc(-c8ccccc8)cc7)c(c7c(Oc8ccc(-c9ccccc9)cc8)cc(c2c37)C1=O)c64)C(=O)N(C(Cc1cccc2c1oc1ccccc12)C(=O)NCC1CO1)C5=O. The van der Waals surface area contributed by atoms with E-state index in [9.17, 15) is 0 Å². The molecule has 6 amide bonds. The third-order valence-corrected chi connectivity index (χ3v) is 24.6. The van der Waals surface area contributed by atoms with Gasteiger partial charge in [-0.1, -0.05) is 243 Å². The van der Waals surface area contributed by atoms with Gasteiger partial charge in [-0.2, -0.15) is 0 Å². The fraction of sp³-hybridized carbons (Fsp3) is 0.0926. The van der Waals surface area contributed by atoms with Crippen LogP contribution in [0.3, 0.4) is 0 Å². The van der Waals surface area contributed by atoms with Crippen LogP contribution in [-0.2, 0) is 31.9 Å². The summed E-state index contributed by atoms with van der Waals surface area (Å²) in [7, 11) is 0. The molecular formula is C108H72N4O14. The molecule has 19 aromatic rings. The normalized spacial score (nSPS) is 15.2. The molecule has 18 nitrogen and oxygen atoms in total. The van der Waals surface area contributed by atoms with Crippen LogP contribution in [0, 0.1) is 0 Å². The molecule has 2 saturated heterocycles. The van der Waals surface area contributed by atoms with Gasteiger partial charge in [-0.15, -0.1) is 0 Å². The van der Waals surface area contributed by atoms with Crippen molar-refractivity contribution < 1.29 is 66.0 Å². The lowest BCUT2D eigenvalue weighted by Crippen LogP contribution is -2.55. The Labute approximate surface area is 719 Å². The second-order valence-corrected chi connectivity index (χ2v) is 32.2. The molecule has 2 fully saturated rings. The molecule has 2 aromatic heterocycles. The smallest absolute Gasteiger partial charge is 0.262 e. The minimum absolute atomic E-state index is 0.0339. The molecule has 608 valence electrons. The minimum atomic E-state index is -1.53. The summed E-state index contributed by atoms with van der Waals surface area (Å²) < 4.78 is 54.7. The first-order chi connectivity index (χ1) is 61.9. The Kier molecular flexibility index (Phi) is 18.2. The maximum absolute atomic E-state index is 17.1. The van der Waals surface area contributed by atoms with Crippen molar-refractivity contribution in [3.8, 4) is 90.5 Å². The number of hydrogen-bond donors (Lipinski definition) is 2. The van der Waals surface area contributed by atoms with Crippen LogP contribution < -0.4 is 29.6 Å². The van der Waals surface area contributed by atoms with E-state index in [1.54, 1.807) is 24.3 Å². The molecule has 0 aliphatic carbocycles. The van der Waals surface area contributed by atoms with Crippen molar-refractivity contribution in [3.63, 3.8) is 0 Å². The predicted molar refractivity (Wildman–Crippen MR) is 484 cm³/mol. The molecular weight excluding hydrogens is 1580 g/mol. The number of carbonyl (C=O) groups excluding carboxylic acids is 6. The maximum atomic E-state index is 17.1. The first kappa shape index (κ1) is 75.0. The van der Waals surface area contributed by atoms with Crippen molar-refractivity contribution in [1.29, 1.82) is 0 Å². The summed E-state index contributed by atoms with van der Waals surface area (Å²) in [6.07, 6.45) is -0.967. The maximum Gasteiger partial charge on any atom is 0.262 e. The molecule has 0 radical (unpaired) electrons. The van der Waals surface area contributed by atoms with E-state index in [0.717, 1.165) is 75.9 Å². The third kappa shape index (κ3) is 13.2. The molecule has 126 heavy (non-hydrogen) atoms. The fourth-order valence-electron chi connectivity index (χ4n) is 18.3. The van der Waals surface area contributed by atoms with E-state index in [4.69, 9.17) is 37.3 Å². The van der Waals surface area contributed by atoms with Crippen LogP contribution in [0.5, 0.6) is 46.0 Å². The van der Waals surface area contributed by atoms with Gasteiger partial charge in [-0.25, -0.2) is 0 Å². The highest BCUT2D eigenvalue weighted by Crippen LogP contribution is 2.59. The standard InChI is InChI=1S/C108H72N4O14/c113-103(109-57-75-59-119-75)85(51-69-27-17-31-79-77-29-13-15-33-87(77)125-101(69)79)111-105(115)81-53-89(121-71-43-35-65(36-44-71)61-19-5-1-6-20-61)95-96-90(122-72-45-37-66(38-46-72)62-21-7-2-8-22-62)54-83-94-84(108(118)112(107(83)117)86(104(114)110-58-76-60-120-76)52-70-28-18-32-80-78-30-14-16-34-88(78)126-102(70)80)56-92(124-74-49-41-68(42-50-74)64-25-11-4-12-26-64)98(100(94)96)97-91(55-82(106(111)116)93(81)99(95)97)123-73-47-39-67(40-48-73)63-23-9-3-10-24-63/h1-50,53-56,75-76,85-86H,51-52,57-60H2,(H,109,113)(H,110,114). The zero-order valence-electron chi connectivity index (χ0n) is 67.3. The van der Waals surface area contributed by atoms with Crippen molar-refractivity contribution >= 4 is 122 Å². The van der Waals surface area contributed by atoms with E-state index in [1.807, 2.05) is 303 Å². The van der Waals surface area contributed by atoms with E-state index in [0.29, 0.717) is 69.7 Å². The molecule has 0 bridgehead atoms. The Hall–Kier alpha value is -16.0. The van der Waals surface area contributed by atoms with Crippen molar-refractivity contribution in [2.24, 2.45) is 0 Å². The largest absolute Gasteiger partial charge is 0.457 e. The average molecular weight is 1650 g/mol. The Morgan fingerprint density at radius 2 is 0.563 bits per heavy atom. The van der Waals surface area contributed by atoms with E-state index >= 15 is 28.8 Å². The molecule has 2 N–H and O–H groups in total. The predicted octanol–water partition coefficient (Wildman–Crippen LogP) is 22.8. The summed E-state index contributed by atoms with van der Waals surface area (Å²) >= 11 is 0. The number of epoxide rings is 2. The van der Waals surface area contributed by atoms with Gasteiger partial charge in [0.1, 0.15) is 80.4 Å². The molecule has 4 unspecified atom stereocenters. The number of furan rings is 2. The Bertz CT molecular complexity index is 6910. The number of imide groups is 2. The number of rotatable bonds is 24. The van der Waals surface area contributed by atoms with Crippen LogP contribution in [0.2, 0.25) is 0 Å². The van der Waals surface area contributed by atoms with E-state index in [2.05, 4.69) is 10.6 Å². The third-order valence-electron chi connectivity index (χ3n) is 24.6. The fourth-order valence-corrected chi connectivity index (χ4v) is 18.3. The number of nitrogens with zero attached hydrogens (tertiary/aromatic N) is 2. The second kappa shape index (κ2) is 30.5. The van der Waals surface area contributed by atoms with Crippen molar-refractivity contribution in [1.82, 2.24) is 20.4 Å². The number of fused-ring (bicyclic) bond motifs is 8. The highest BCUT2D eigenvalue weighted by atomic mass is 16.6. The number of benzene rings is 17. The van der Waals surface area contributed by atoms with Crippen LogP contribution in [0.1, 0.15) is 52.6 Å². The summed E-state index contributed by atoms with van der Waals surface area (Å²) in [5.74, 6) is -3.17. The lowest BCUT2D eigenvalue weighted by atomic mass is 9.80. The summed E-state index contributed by atoms with van der Waals surface area (Å²) in [4.78, 5) is 102. The van der Waals surface area contributed by atoms with Gasteiger partial charge in [0.05, 0.1) is 47.7 Å². The first-order valence-electron chi connectivity index (χ1n) is 42.0. The van der Waals surface area contributed by atoms with Gasteiger partial charge in [0, 0.05) is 90.6 Å². The number of amides is 6. The van der Waals surface area contributed by atoms with Crippen molar-refractivity contribution in [2.45, 2.75) is 37.1 Å². The zero-order valence-corrected chi connectivity index (χ0v) is 67.3. The lowest BCUT2D eigenvalue weighted by Gasteiger charge is -2.36. The van der Waals surface area contributed by atoms with Gasteiger partial charge in [0.25, 0.3) is 23.6 Å². The van der Waals surface area contributed by atoms with Gasteiger partial charge >= 0.3 is 0 Å². The Morgan fingerprint density at radius 1 is 0.302 bits per heavy atom. The minimum Gasteiger partial charge on any atom is -0.457 e. The zero-order chi connectivity index (χ0) is 84.4. The van der Waals surface area contributed by atoms with Gasteiger partial charge in [0.2, 0.25) is 11.8 Å². The number of ether oxygens (including phenoxy) is 6. The molecule has 17 aromatic carbocycles. The van der Waals surface area contributed by atoms with Crippen molar-refractivity contribution in [2.75, 3.05) is 26.3 Å². The van der Waals surface area contributed by atoms with E-state index < -0.39 is 47.5 Å². The molecule has 18 heteroatoms. The summed E-state index contributed by atoms with van der Waals surface area (Å²) in [5.41, 5.74) is 10.4. The Balaban J connectivity index is 0.820. The highest BCUT2D eigenvalue weighted by Gasteiger charge is 2.48. The van der Waals surface area contributed by atoms with Crippen LogP contribution in [0.25, 0.3) is 131 Å². The number of hydrogen-bond acceptors (Lipinski definition) is 14. The summed E-state index contributed by atoms with van der Waals surface area (Å²) in [5, 5.41) is 11.1. The average Bonchev–Trinajstić information content (AvgIpc) is 0.794. The van der Waals surface area contributed by atoms with Crippen LogP contribution >= 0.6 is 0 Å². The molecule has 0 saturated carbocycles. The summed E-state index contributed by atoms with van der Waals surface area (Å²) in [6, 6.07) is 99.5. The van der Waals surface area contributed by atoms with Gasteiger partial charge < -0.3 is 47.9 Å². The van der Waals surface area contributed by atoms with E-state index in [1.165, 1.54) is 0 Å². The van der Waals surface area contributed by atoms with Gasteiger partial charge in [-0.3, -0.25) is 38.6 Å². The topological polar surface area (TPSA) is 221 Å².